The third-order valence-corrected chi connectivity index (χ3v) is 14.2. The van der Waals surface area contributed by atoms with Gasteiger partial charge in [-0.15, -0.1) is 23.5 Å². The van der Waals surface area contributed by atoms with Crippen LogP contribution in [-0.4, -0.2) is 37.5 Å². The van der Waals surface area contributed by atoms with Crippen molar-refractivity contribution in [1.29, 1.82) is 0 Å². The molecule has 6 nitrogen and oxygen atoms in total. The lowest BCUT2D eigenvalue weighted by Gasteiger charge is -2.34. The number of hydrogen-bond donors (Lipinski definition) is 0. The van der Waals surface area contributed by atoms with Gasteiger partial charge in [0.25, 0.3) is 0 Å². The second-order valence-corrected chi connectivity index (χ2v) is 17.3. The summed E-state index contributed by atoms with van der Waals surface area (Å²) in [6.45, 7) is 8.58. The quantitative estimate of drug-likeness (QED) is 0.148. The van der Waals surface area contributed by atoms with Crippen molar-refractivity contribution in [3.8, 4) is 11.5 Å². The summed E-state index contributed by atoms with van der Waals surface area (Å²) >= 11 is 9.40. The molecule has 6 rings (SSSR count). The van der Waals surface area contributed by atoms with Gasteiger partial charge in [-0.2, -0.15) is 0 Å². The van der Waals surface area contributed by atoms with Crippen LogP contribution in [0.5, 0.6) is 11.5 Å². The highest BCUT2D eigenvalue weighted by Gasteiger charge is 2.44. The van der Waals surface area contributed by atoms with Crippen molar-refractivity contribution in [2.75, 3.05) is 35.5 Å². The van der Waals surface area contributed by atoms with Crippen molar-refractivity contribution in [3.05, 3.63) is 93.0 Å². The average Bonchev–Trinajstić information content (AvgIpc) is 3.36. The number of ether oxygens (including phenoxy) is 2. The lowest BCUT2D eigenvalue weighted by atomic mass is 9.81. The van der Waals surface area contributed by atoms with Crippen molar-refractivity contribution in [1.82, 2.24) is 0 Å². The smallest absolute Gasteiger partial charge is 0.238 e. The van der Waals surface area contributed by atoms with E-state index in [1.54, 1.807) is 37.7 Å². The van der Waals surface area contributed by atoms with Crippen molar-refractivity contribution < 1.29 is 19.1 Å². The molecule has 2 heterocycles. The Morgan fingerprint density at radius 2 is 1.10 bits per heavy atom. The number of benzene rings is 4. The fourth-order valence-corrected chi connectivity index (χ4v) is 11.0. The molecule has 2 aliphatic heterocycles. The third-order valence-electron chi connectivity index (χ3n) is 10.1. The summed E-state index contributed by atoms with van der Waals surface area (Å²) in [5.74, 6) is 3.64. The molecule has 0 radical (unpaired) electrons. The first-order chi connectivity index (χ1) is 25.1. The lowest BCUT2D eigenvalue weighted by Crippen LogP contribution is -2.42. The van der Waals surface area contributed by atoms with Gasteiger partial charge in [-0.25, -0.2) is 0 Å². The van der Waals surface area contributed by atoms with Crippen LogP contribution in [0.15, 0.2) is 99.2 Å². The lowest BCUT2D eigenvalue weighted by molar-refractivity contribution is -0.127. The van der Waals surface area contributed by atoms with Crippen LogP contribution >= 0.6 is 62.0 Å². The van der Waals surface area contributed by atoms with Crippen LogP contribution < -0.4 is 19.3 Å². The number of thioether (sulfide) groups is 2. The van der Waals surface area contributed by atoms with Gasteiger partial charge in [-0.1, -0.05) is 76.9 Å². The normalized spacial score (nSPS) is 19.8. The molecular formula is C42H48BrIN2O4S2. The van der Waals surface area contributed by atoms with E-state index in [1.165, 1.54) is 0 Å². The highest BCUT2D eigenvalue weighted by Crippen LogP contribution is 2.51. The molecule has 0 N–H and O–H groups in total. The van der Waals surface area contributed by atoms with E-state index in [9.17, 15) is 9.59 Å². The number of carbonyl (C=O) groups excluding carboxylic acids is 2. The van der Waals surface area contributed by atoms with E-state index >= 15 is 0 Å². The number of halogens is 2. The van der Waals surface area contributed by atoms with E-state index in [1.807, 2.05) is 82.6 Å². The Bertz CT molecular complexity index is 1730. The van der Waals surface area contributed by atoms with Gasteiger partial charge in [0.2, 0.25) is 11.8 Å². The molecule has 2 unspecified atom stereocenters. The molecule has 0 aromatic heterocycles. The molecule has 2 amide bonds. The summed E-state index contributed by atoms with van der Waals surface area (Å²) in [7, 11) is 3.36. The predicted octanol–water partition coefficient (Wildman–Crippen LogP) is 12.7. The minimum Gasteiger partial charge on any atom is -0.496 e. The molecule has 0 saturated heterocycles. The Hall–Kier alpha value is -2.67. The highest BCUT2D eigenvalue weighted by atomic mass is 127. The zero-order chi connectivity index (χ0) is 37.5. The number of fused-ring (bicyclic) bond motifs is 2. The minimum absolute atomic E-state index is 0.191. The van der Waals surface area contributed by atoms with Gasteiger partial charge in [-0.05, 0) is 113 Å². The monoisotopic (exact) mass is 914 g/mol. The van der Waals surface area contributed by atoms with Gasteiger partial charge < -0.3 is 9.47 Å². The van der Waals surface area contributed by atoms with Crippen molar-refractivity contribution in [2.24, 2.45) is 10.8 Å². The minimum atomic E-state index is -0.353. The molecule has 0 bridgehead atoms. The molecule has 0 saturated carbocycles. The van der Waals surface area contributed by atoms with Crippen LogP contribution in [0.25, 0.3) is 0 Å². The summed E-state index contributed by atoms with van der Waals surface area (Å²) in [5, 5.41) is 0. The number of nitrogens with zero attached hydrogens (tertiary/aromatic N) is 2. The Kier molecular flexibility index (Phi) is 14.1. The maximum absolute atomic E-state index is 13.8. The number of methoxy groups -OCH3 is 2. The predicted molar refractivity (Wildman–Crippen MR) is 230 cm³/mol. The molecule has 4 aromatic carbocycles. The fraction of sp³-hybridized carbons (Fsp3) is 0.381. The number of para-hydroxylation sites is 2. The SMILES string of the molecule is CCCC1(CC)CSc2cc(OC)c(Br)cc2N(c2ccccc2)C1=O.CCCC1(CC)CSc2cc(OC)c(I)cc2N(c2ccccc2)C1=O. The molecule has 52 heavy (non-hydrogen) atoms. The van der Waals surface area contributed by atoms with Gasteiger partial charge in [0.05, 0.1) is 44.5 Å². The number of hydrogen-bond acceptors (Lipinski definition) is 6. The largest absolute Gasteiger partial charge is 0.496 e. The Morgan fingerprint density at radius 3 is 1.50 bits per heavy atom. The van der Waals surface area contributed by atoms with E-state index < -0.39 is 0 Å². The first kappa shape index (κ1) is 40.5. The molecular weight excluding hydrogens is 867 g/mol. The summed E-state index contributed by atoms with van der Waals surface area (Å²) in [6.07, 6.45) is 5.47. The Labute approximate surface area is 340 Å². The second-order valence-electron chi connectivity index (χ2n) is 13.2. The summed E-state index contributed by atoms with van der Waals surface area (Å²) in [4.78, 5) is 33.6. The maximum Gasteiger partial charge on any atom is 0.238 e. The van der Waals surface area contributed by atoms with E-state index in [0.29, 0.717) is 0 Å². The average molecular weight is 916 g/mol. The number of rotatable bonds is 10. The Balaban J connectivity index is 0.000000201. The summed E-state index contributed by atoms with van der Waals surface area (Å²) in [5.41, 5.74) is 3.03. The Morgan fingerprint density at radius 1 is 0.673 bits per heavy atom. The molecule has 2 atom stereocenters. The second kappa shape index (κ2) is 18.1. The van der Waals surface area contributed by atoms with Gasteiger partial charge in [0, 0.05) is 32.7 Å². The molecule has 10 heteroatoms. The van der Waals surface area contributed by atoms with Crippen LogP contribution in [0.4, 0.5) is 22.7 Å². The van der Waals surface area contributed by atoms with Crippen LogP contribution in [0.1, 0.15) is 66.2 Å². The van der Waals surface area contributed by atoms with Crippen LogP contribution in [-0.2, 0) is 9.59 Å². The van der Waals surface area contributed by atoms with Crippen molar-refractivity contribution in [2.45, 2.75) is 76.0 Å². The molecule has 0 fully saturated rings. The highest BCUT2D eigenvalue weighted by molar-refractivity contribution is 14.1. The molecule has 2 aliphatic rings. The first-order valence-electron chi connectivity index (χ1n) is 17.9. The van der Waals surface area contributed by atoms with E-state index in [4.69, 9.17) is 9.47 Å². The summed E-state index contributed by atoms with van der Waals surface area (Å²) < 4.78 is 12.9. The fourth-order valence-electron chi connectivity index (χ4n) is 7.03. The third kappa shape index (κ3) is 8.20. The molecule has 4 aromatic rings. The standard InChI is InChI=1S/C21H24BrNO2S.C21H24INO2S/c2*1-4-11-21(5-2)14-26-19-13-18(25-3)16(22)12-17(19)23(20(21)24)15-9-7-6-8-10-15/h2*6-10,12-13H,4-5,11,14H2,1-3H3. The number of carbonyl (C=O) groups is 2. The van der Waals surface area contributed by atoms with Gasteiger partial charge in [-0.3, -0.25) is 19.4 Å². The van der Waals surface area contributed by atoms with E-state index in [-0.39, 0.29) is 22.6 Å². The van der Waals surface area contributed by atoms with Crippen LogP contribution in [0.2, 0.25) is 0 Å². The number of amides is 2. The molecule has 0 aliphatic carbocycles. The zero-order valence-corrected chi connectivity index (χ0v) is 36.2. The van der Waals surface area contributed by atoms with Crippen molar-refractivity contribution >= 4 is 96.6 Å². The number of anilines is 4. The molecule has 276 valence electrons. The van der Waals surface area contributed by atoms with Gasteiger partial charge in [0.1, 0.15) is 11.5 Å². The van der Waals surface area contributed by atoms with Crippen LogP contribution in [0.3, 0.4) is 0 Å². The first-order valence-corrected chi connectivity index (χ1v) is 21.8. The van der Waals surface area contributed by atoms with E-state index in [0.717, 1.165) is 102 Å². The van der Waals surface area contributed by atoms with Gasteiger partial charge in [0.15, 0.2) is 0 Å². The summed E-state index contributed by atoms with van der Waals surface area (Å²) in [6, 6.07) is 28.1. The zero-order valence-electron chi connectivity index (χ0n) is 30.8. The van der Waals surface area contributed by atoms with Crippen LogP contribution in [0, 0.1) is 14.4 Å². The van der Waals surface area contributed by atoms with E-state index in [2.05, 4.69) is 78.3 Å². The molecule has 0 spiro atoms. The van der Waals surface area contributed by atoms with Gasteiger partial charge >= 0.3 is 0 Å². The van der Waals surface area contributed by atoms with Crippen molar-refractivity contribution in [3.63, 3.8) is 0 Å². The topological polar surface area (TPSA) is 59.1 Å². The maximum atomic E-state index is 13.8.